The standard InChI is InChI=1S/C25H21F5N6.C2H6.CH2O/c1-14(6-15-2-4-19(26)20(27)7-15)18-8-17(25(28,29)30)11-36-24(18)35-10-16-3-5-21(32-9-16)22-12-34-23(31)13-33-22;2*1-2/h2-5,7-9,11-14H,6,10H2,1H3,(H2,31,34)(H,35,36);1-2H3;1H2. The number of anilines is 2. The maximum atomic E-state index is 13.6. The number of nitrogen functional groups attached to an aromatic ring is 1. The summed E-state index contributed by atoms with van der Waals surface area (Å²) in [6.07, 6.45) is 0.903. The number of carbonyl (C=O) groups excluding carboxylic acids is 1. The lowest BCUT2D eigenvalue weighted by molar-refractivity contribution is -0.137. The van der Waals surface area contributed by atoms with Crippen LogP contribution < -0.4 is 11.1 Å². The molecule has 40 heavy (non-hydrogen) atoms. The molecule has 1 aromatic carbocycles. The van der Waals surface area contributed by atoms with Crippen LogP contribution in [0.15, 0.2) is 61.2 Å². The van der Waals surface area contributed by atoms with Gasteiger partial charge in [0.25, 0.3) is 0 Å². The van der Waals surface area contributed by atoms with Crippen LogP contribution in [0.1, 0.15) is 48.9 Å². The van der Waals surface area contributed by atoms with E-state index >= 15 is 0 Å². The fourth-order valence-electron chi connectivity index (χ4n) is 3.63. The number of hydrogen-bond acceptors (Lipinski definition) is 7. The molecular weight excluding hydrogens is 531 g/mol. The van der Waals surface area contributed by atoms with Crippen molar-refractivity contribution in [3.63, 3.8) is 0 Å². The molecule has 0 spiro atoms. The predicted molar refractivity (Wildman–Crippen MR) is 143 cm³/mol. The third kappa shape index (κ3) is 8.52. The second-order valence-corrected chi connectivity index (χ2v) is 8.24. The van der Waals surface area contributed by atoms with Crippen LogP contribution in [0.2, 0.25) is 0 Å². The van der Waals surface area contributed by atoms with E-state index in [1.807, 2.05) is 20.6 Å². The normalized spacial score (nSPS) is 11.4. The van der Waals surface area contributed by atoms with Crippen molar-refractivity contribution in [3.05, 3.63) is 95.1 Å². The predicted octanol–water partition coefficient (Wildman–Crippen LogP) is 6.61. The van der Waals surface area contributed by atoms with E-state index in [-0.39, 0.29) is 18.8 Å². The Morgan fingerprint density at radius 2 is 1.52 bits per heavy atom. The minimum atomic E-state index is -4.58. The summed E-state index contributed by atoms with van der Waals surface area (Å²) in [6.45, 7) is 7.94. The number of carbonyl (C=O) groups is 1. The molecular formula is C28H29F5N6O. The van der Waals surface area contributed by atoms with Crippen LogP contribution in [-0.2, 0) is 23.9 Å². The van der Waals surface area contributed by atoms with Gasteiger partial charge in [-0.25, -0.2) is 23.7 Å². The number of alkyl halides is 3. The molecule has 0 amide bonds. The van der Waals surface area contributed by atoms with Gasteiger partial charge in [-0.05, 0) is 53.3 Å². The van der Waals surface area contributed by atoms with Crippen molar-refractivity contribution in [1.29, 1.82) is 0 Å². The Bertz CT molecular complexity index is 1370. The highest BCUT2D eigenvalue weighted by molar-refractivity contribution is 5.54. The minimum Gasteiger partial charge on any atom is -0.382 e. The third-order valence-corrected chi connectivity index (χ3v) is 5.52. The molecule has 4 rings (SSSR count). The Labute approximate surface area is 228 Å². The SMILES string of the molecule is C=O.CC.CC(Cc1ccc(F)c(F)c1)c1cc(C(F)(F)F)cnc1NCc1ccc(-c2cnc(N)cn2)nc1. The molecule has 0 bridgehead atoms. The number of benzene rings is 1. The molecule has 3 aromatic heterocycles. The largest absolute Gasteiger partial charge is 0.417 e. The first kappa shape index (κ1) is 31.7. The van der Waals surface area contributed by atoms with E-state index in [2.05, 4.69) is 25.3 Å². The van der Waals surface area contributed by atoms with E-state index in [1.54, 1.807) is 25.3 Å². The van der Waals surface area contributed by atoms with Crippen molar-refractivity contribution in [1.82, 2.24) is 19.9 Å². The molecule has 1 atom stereocenters. The maximum Gasteiger partial charge on any atom is 0.417 e. The second-order valence-electron chi connectivity index (χ2n) is 8.24. The maximum absolute atomic E-state index is 13.6. The Hall–Kier alpha value is -4.48. The number of hydrogen-bond donors (Lipinski definition) is 2. The summed E-state index contributed by atoms with van der Waals surface area (Å²) in [7, 11) is 0. The fraction of sp³-hybridized carbons (Fsp3) is 0.250. The molecule has 0 saturated carbocycles. The number of nitrogens with one attached hydrogen (secondary N) is 1. The minimum absolute atomic E-state index is 0.188. The van der Waals surface area contributed by atoms with E-state index in [1.165, 1.54) is 18.5 Å². The van der Waals surface area contributed by atoms with Gasteiger partial charge in [0.2, 0.25) is 0 Å². The van der Waals surface area contributed by atoms with Gasteiger partial charge < -0.3 is 15.8 Å². The number of nitrogens with zero attached hydrogens (tertiary/aromatic N) is 4. The molecule has 0 fully saturated rings. The lowest BCUT2D eigenvalue weighted by Gasteiger charge is -2.19. The topological polar surface area (TPSA) is 107 Å². The fourth-order valence-corrected chi connectivity index (χ4v) is 3.63. The van der Waals surface area contributed by atoms with Crippen molar-refractivity contribution < 1.29 is 26.7 Å². The molecule has 7 nitrogen and oxygen atoms in total. The van der Waals surface area contributed by atoms with Crippen molar-refractivity contribution in [2.75, 3.05) is 11.1 Å². The van der Waals surface area contributed by atoms with Gasteiger partial charge in [-0.15, -0.1) is 0 Å². The summed E-state index contributed by atoms with van der Waals surface area (Å²) in [6, 6.07) is 8.00. The van der Waals surface area contributed by atoms with Crippen molar-refractivity contribution in [2.45, 2.75) is 45.8 Å². The zero-order valence-corrected chi connectivity index (χ0v) is 22.1. The van der Waals surface area contributed by atoms with Crippen LogP contribution in [0.3, 0.4) is 0 Å². The summed E-state index contributed by atoms with van der Waals surface area (Å²) in [5, 5.41) is 3.07. The third-order valence-electron chi connectivity index (χ3n) is 5.52. The van der Waals surface area contributed by atoms with Gasteiger partial charge >= 0.3 is 6.18 Å². The molecule has 12 heteroatoms. The van der Waals surface area contributed by atoms with Gasteiger partial charge in [0, 0.05) is 18.9 Å². The van der Waals surface area contributed by atoms with Gasteiger partial charge in [0.1, 0.15) is 24.1 Å². The Kier molecular flexibility index (Phi) is 11.6. The highest BCUT2D eigenvalue weighted by Gasteiger charge is 2.32. The molecule has 1 unspecified atom stereocenters. The summed E-state index contributed by atoms with van der Waals surface area (Å²) in [5.41, 5.74) is 7.29. The molecule has 0 aliphatic heterocycles. The first-order valence-corrected chi connectivity index (χ1v) is 12.2. The zero-order valence-electron chi connectivity index (χ0n) is 22.1. The Morgan fingerprint density at radius 3 is 2.10 bits per heavy atom. The highest BCUT2D eigenvalue weighted by Crippen LogP contribution is 2.34. The van der Waals surface area contributed by atoms with Gasteiger partial charge in [0.15, 0.2) is 11.6 Å². The Morgan fingerprint density at radius 1 is 0.850 bits per heavy atom. The summed E-state index contributed by atoms with van der Waals surface area (Å²) >= 11 is 0. The van der Waals surface area contributed by atoms with Crippen LogP contribution in [-0.4, -0.2) is 26.7 Å². The van der Waals surface area contributed by atoms with Crippen LogP contribution in [0.4, 0.5) is 33.6 Å². The quantitative estimate of drug-likeness (QED) is 0.245. The van der Waals surface area contributed by atoms with Gasteiger partial charge in [-0.3, -0.25) is 4.98 Å². The number of pyridine rings is 2. The average Bonchev–Trinajstić information content (AvgIpc) is 2.96. The molecule has 0 radical (unpaired) electrons. The molecule has 0 saturated heterocycles. The van der Waals surface area contributed by atoms with Crippen molar-refractivity contribution in [3.8, 4) is 11.4 Å². The highest BCUT2D eigenvalue weighted by atomic mass is 19.4. The molecule has 212 valence electrons. The summed E-state index contributed by atoms with van der Waals surface area (Å²) in [4.78, 5) is 24.5. The Balaban J connectivity index is 0.00000134. The number of halogens is 5. The second kappa shape index (κ2) is 14.6. The monoisotopic (exact) mass is 560 g/mol. The van der Waals surface area contributed by atoms with Crippen molar-refractivity contribution >= 4 is 18.4 Å². The smallest absolute Gasteiger partial charge is 0.382 e. The van der Waals surface area contributed by atoms with E-state index < -0.39 is 29.3 Å². The average molecular weight is 561 g/mol. The number of nitrogens with two attached hydrogens (primary N) is 1. The molecule has 0 aliphatic carbocycles. The van der Waals surface area contributed by atoms with Crippen LogP contribution in [0, 0.1) is 11.6 Å². The summed E-state index contributed by atoms with van der Waals surface area (Å²) < 4.78 is 67.0. The number of aromatic nitrogens is 4. The lowest BCUT2D eigenvalue weighted by Crippen LogP contribution is -2.12. The molecule has 3 N–H and O–H groups in total. The van der Waals surface area contributed by atoms with E-state index in [4.69, 9.17) is 10.5 Å². The van der Waals surface area contributed by atoms with E-state index in [9.17, 15) is 22.0 Å². The van der Waals surface area contributed by atoms with Gasteiger partial charge in [-0.2, -0.15) is 13.2 Å². The first-order chi connectivity index (χ1) is 19.1. The van der Waals surface area contributed by atoms with Gasteiger partial charge in [-0.1, -0.05) is 32.9 Å². The first-order valence-electron chi connectivity index (χ1n) is 12.2. The van der Waals surface area contributed by atoms with Crippen molar-refractivity contribution in [2.24, 2.45) is 0 Å². The van der Waals surface area contributed by atoms with Crippen LogP contribution in [0.5, 0.6) is 0 Å². The molecule has 0 aliphatic rings. The lowest BCUT2D eigenvalue weighted by atomic mass is 9.93. The summed E-state index contributed by atoms with van der Waals surface area (Å²) in [5.74, 6) is -1.93. The van der Waals surface area contributed by atoms with E-state index in [0.29, 0.717) is 28.3 Å². The molecule has 4 aromatic rings. The van der Waals surface area contributed by atoms with E-state index in [0.717, 1.165) is 30.0 Å². The van der Waals surface area contributed by atoms with Crippen LogP contribution in [0.25, 0.3) is 11.4 Å². The van der Waals surface area contributed by atoms with Crippen LogP contribution >= 0.6 is 0 Å². The zero-order chi connectivity index (χ0) is 29.9. The number of rotatable bonds is 7. The molecule has 3 heterocycles. The van der Waals surface area contributed by atoms with Gasteiger partial charge in [0.05, 0.1) is 23.7 Å².